The zero-order chi connectivity index (χ0) is 12.6. The molecule has 0 fully saturated rings. The second-order valence-electron chi connectivity index (χ2n) is 2.72. The van der Waals surface area contributed by atoms with Gasteiger partial charge < -0.3 is 10.8 Å². The summed E-state index contributed by atoms with van der Waals surface area (Å²) < 4.78 is 29.2. The predicted octanol–water partition coefficient (Wildman–Crippen LogP) is 0.353. The van der Waals surface area contributed by atoms with E-state index in [0.29, 0.717) is 0 Å². The number of benzene rings is 1. The van der Waals surface area contributed by atoms with Crippen molar-refractivity contribution in [2.45, 2.75) is 11.3 Å². The average Bonchev–Trinajstić information content (AvgIpc) is 2.18. The first kappa shape index (κ1) is 14.6. The van der Waals surface area contributed by atoms with Gasteiger partial charge in [0.25, 0.3) is 10.1 Å². The Morgan fingerprint density at radius 1 is 1.25 bits per heavy atom. The Labute approximate surface area is 93.5 Å². The third kappa shape index (κ3) is 6.93. The van der Waals surface area contributed by atoms with E-state index in [9.17, 15) is 13.2 Å². The van der Waals surface area contributed by atoms with E-state index in [1.165, 1.54) is 12.1 Å². The largest absolute Gasteiger partial charge is 0.481 e. The molecule has 16 heavy (non-hydrogen) atoms. The minimum Gasteiger partial charge on any atom is -0.481 e. The summed E-state index contributed by atoms with van der Waals surface area (Å²) in [4.78, 5) is 9.45. The number of rotatable bonds is 3. The molecule has 4 N–H and O–H groups in total. The lowest BCUT2D eigenvalue weighted by Crippen LogP contribution is -2.05. The molecule has 0 aliphatic heterocycles. The zero-order valence-electron chi connectivity index (χ0n) is 8.41. The highest BCUT2D eigenvalue weighted by atomic mass is 32.2. The van der Waals surface area contributed by atoms with Crippen LogP contribution < -0.4 is 5.73 Å². The van der Waals surface area contributed by atoms with Gasteiger partial charge in [0.1, 0.15) is 0 Å². The standard InChI is InChI=1S/C6H6O3S.C3H7NO2/c7-10(8,9)6-4-2-1-3-5-6;4-2-1-3(5)6/h1-5H,(H,7,8,9);1-2,4H2,(H,5,6). The second kappa shape index (κ2) is 6.94. The molecule has 1 aromatic rings. The van der Waals surface area contributed by atoms with Gasteiger partial charge in [-0.1, -0.05) is 18.2 Å². The average molecular weight is 247 g/mol. The van der Waals surface area contributed by atoms with Crippen molar-refractivity contribution >= 4 is 16.1 Å². The Hall–Kier alpha value is -1.44. The summed E-state index contributed by atoms with van der Waals surface area (Å²) in [6.07, 6.45) is 0.0694. The number of nitrogens with two attached hydrogens (primary N) is 1. The second-order valence-corrected chi connectivity index (χ2v) is 4.14. The van der Waals surface area contributed by atoms with E-state index in [2.05, 4.69) is 0 Å². The fourth-order valence-electron chi connectivity index (χ4n) is 0.716. The van der Waals surface area contributed by atoms with Crippen molar-refractivity contribution in [3.05, 3.63) is 30.3 Å². The molecule has 6 nitrogen and oxygen atoms in total. The maximum atomic E-state index is 10.4. The smallest absolute Gasteiger partial charge is 0.304 e. The Bertz CT molecular complexity index is 415. The van der Waals surface area contributed by atoms with Gasteiger partial charge in [0.15, 0.2) is 0 Å². The molecule has 0 unspecified atom stereocenters. The number of carbonyl (C=O) groups is 1. The SMILES string of the molecule is NCCC(=O)O.O=S(=O)(O)c1ccccc1. The topological polar surface area (TPSA) is 118 Å². The summed E-state index contributed by atoms with van der Waals surface area (Å²) >= 11 is 0. The molecule has 7 heteroatoms. The lowest BCUT2D eigenvalue weighted by Gasteiger charge is -1.92. The van der Waals surface area contributed by atoms with Gasteiger partial charge in [-0.25, -0.2) is 0 Å². The summed E-state index contributed by atoms with van der Waals surface area (Å²) in [5.74, 6) is -0.836. The van der Waals surface area contributed by atoms with E-state index in [-0.39, 0.29) is 17.9 Å². The molecule has 0 spiro atoms. The van der Waals surface area contributed by atoms with Gasteiger partial charge in [-0.3, -0.25) is 9.35 Å². The van der Waals surface area contributed by atoms with Crippen LogP contribution in [0.2, 0.25) is 0 Å². The van der Waals surface area contributed by atoms with Gasteiger partial charge in [-0.15, -0.1) is 0 Å². The maximum Gasteiger partial charge on any atom is 0.304 e. The monoisotopic (exact) mass is 247 g/mol. The van der Waals surface area contributed by atoms with Crippen LogP contribution >= 0.6 is 0 Å². The van der Waals surface area contributed by atoms with Gasteiger partial charge in [-0.2, -0.15) is 8.42 Å². The van der Waals surface area contributed by atoms with Crippen LogP contribution in [-0.4, -0.2) is 30.6 Å². The summed E-state index contributed by atoms with van der Waals surface area (Å²) in [6, 6.07) is 7.42. The molecule has 0 saturated carbocycles. The molecule has 1 rings (SSSR count). The van der Waals surface area contributed by atoms with Crippen LogP contribution in [0.4, 0.5) is 0 Å². The molecule has 0 amide bonds. The van der Waals surface area contributed by atoms with Crippen LogP contribution in [-0.2, 0) is 14.9 Å². The van der Waals surface area contributed by atoms with Crippen LogP contribution in [0.15, 0.2) is 35.2 Å². The summed E-state index contributed by atoms with van der Waals surface area (Å²) in [5.41, 5.74) is 4.85. The van der Waals surface area contributed by atoms with Crippen molar-refractivity contribution in [2.75, 3.05) is 6.54 Å². The van der Waals surface area contributed by atoms with E-state index >= 15 is 0 Å². The van der Waals surface area contributed by atoms with Crippen LogP contribution in [0.5, 0.6) is 0 Å². The minimum atomic E-state index is -4.00. The van der Waals surface area contributed by atoms with Crippen molar-refractivity contribution in [2.24, 2.45) is 5.73 Å². The first-order valence-electron chi connectivity index (χ1n) is 4.32. The highest BCUT2D eigenvalue weighted by molar-refractivity contribution is 7.85. The number of carboxylic acids is 1. The molecule has 90 valence electrons. The van der Waals surface area contributed by atoms with Gasteiger partial charge >= 0.3 is 5.97 Å². The van der Waals surface area contributed by atoms with E-state index < -0.39 is 16.1 Å². The van der Waals surface area contributed by atoms with Crippen molar-refractivity contribution in [3.8, 4) is 0 Å². The van der Waals surface area contributed by atoms with Crippen LogP contribution in [0.1, 0.15) is 6.42 Å². The quantitative estimate of drug-likeness (QED) is 0.663. The maximum absolute atomic E-state index is 10.4. The summed E-state index contributed by atoms with van der Waals surface area (Å²) in [7, 11) is -4.00. The molecule has 0 heterocycles. The van der Waals surface area contributed by atoms with E-state index in [1.54, 1.807) is 18.2 Å². The summed E-state index contributed by atoms with van der Waals surface area (Å²) in [6.45, 7) is 0.231. The fraction of sp³-hybridized carbons (Fsp3) is 0.222. The number of hydrogen-bond acceptors (Lipinski definition) is 4. The molecule has 0 saturated heterocycles. The molecule has 0 aliphatic carbocycles. The van der Waals surface area contributed by atoms with Gasteiger partial charge in [0.05, 0.1) is 11.3 Å². The third-order valence-corrected chi connectivity index (χ3v) is 2.27. The van der Waals surface area contributed by atoms with E-state index in [4.69, 9.17) is 15.4 Å². The number of hydrogen-bond donors (Lipinski definition) is 3. The molecule has 0 bridgehead atoms. The van der Waals surface area contributed by atoms with E-state index in [1.807, 2.05) is 0 Å². The highest BCUT2D eigenvalue weighted by Crippen LogP contribution is 2.05. The molecule has 0 atom stereocenters. The Morgan fingerprint density at radius 2 is 1.75 bits per heavy atom. The highest BCUT2D eigenvalue weighted by Gasteiger charge is 2.05. The Kier molecular flexibility index (Phi) is 6.31. The molecule has 0 radical (unpaired) electrons. The lowest BCUT2D eigenvalue weighted by molar-refractivity contribution is -0.136. The number of aliphatic carboxylic acids is 1. The van der Waals surface area contributed by atoms with Gasteiger partial charge in [-0.05, 0) is 12.1 Å². The van der Waals surface area contributed by atoms with Gasteiger partial charge in [0.2, 0.25) is 0 Å². The predicted molar refractivity (Wildman–Crippen MR) is 57.6 cm³/mol. The van der Waals surface area contributed by atoms with Crippen molar-refractivity contribution in [1.82, 2.24) is 0 Å². The normalized spacial score (nSPS) is 10.1. The first-order valence-corrected chi connectivity index (χ1v) is 5.76. The van der Waals surface area contributed by atoms with Crippen molar-refractivity contribution < 1.29 is 22.9 Å². The molecular formula is C9H13NO5S. The first-order chi connectivity index (χ1) is 7.38. The Morgan fingerprint density at radius 3 is 1.94 bits per heavy atom. The van der Waals surface area contributed by atoms with Gasteiger partial charge in [0, 0.05) is 6.54 Å². The van der Waals surface area contributed by atoms with Crippen LogP contribution in [0.25, 0.3) is 0 Å². The zero-order valence-corrected chi connectivity index (χ0v) is 9.22. The minimum absolute atomic E-state index is 0.0694. The Balaban J connectivity index is 0.000000325. The third-order valence-electron chi connectivity index (χ3n) is 1.40. The fourth-order valence-corrected chi connectivity index (χ4v) is 1.22. The summed E-state index contributed by atoms with van der Waals surface area (Å²) in [5, 5.41) is 7.83. The molecule has 1 aromatic carbocycles. The molecule has 0 aliphatic rings. The van der Waals surface area contributed by atoms with Crippen molar-refractivity contribution in [1.29, 1.82) is 0 Å². The van der Waals surface area contributed by atoms with Crippen molar-refractivity contribution in [3.63, 3.8) is 0 Å². The lowest BCUT2D eigenvalue weighted by atomic mass is 10.4. The van der Waals surface area contributed by atoms with Crippen LogP contribution in [0.3, 0.4) is 0 Å². The van der Waals surface area contributed by atoms with Crippen LogP contribution in [0, 0.1) is 0 Å². The number of carboxylic acid groups (broad SMARTS) is 1. The molecular weight excluding hydrogens is 234 g/mol. The molecule has 0 aromatic heterocycles. The van der Waals surface area contributed by atoms with E-state index in [0.717, 1.165) is 0 Å².